The number of nitrogens with one attached hydrogen (secondary N) is 2. The number of benzene rings is 2. The molecular weight excluding hydrogens is 364 g/mol. The average molecular weight is 390 g/mol. The Bertz CT molecular complexity index is 1100. The maximum Gasteiger partial charge on any atom is 0.231 e. The summed E-state index contributed by atoms with van der Waals surface area (Å²) in [5.41, 5.74) is 7.62. The molecule has 2 heterocycles. The van der Waals surface area contributed by atoms with Gasteiger partial charge in [-0.25, -0.2) is 0 Å². The highest BCUT2D eigenvalue weighted by atomic mass is 16.7. The summed E-state index contributed by atoms with van der Waals surface area (Å²) in [4.78, 5) is 16.2. The van der Waals surface area contributed by atoms with Crippen LogP contribution in [0.5, 0.6) is 11.5 Å². The van der Waals surface area contributed by atoms with E-state index in [9.17, 15) is 4.79 Å². The van der Waals surface area contributed by atoms with Crippen LogP contribution in [0.4, 0.5) is 0 Å². The zero-order chi connectivity index (χ0) is 20.0. The molecule has 1 aliphatic heterocycles. The van der Waals surface area contributed by atoms with Gasteiger partial charge in [-0.3, -0.25) is 4.79 Å². The number of rotatable bonds is 4. The number of ether oxygens (including phenoxy) is 2. The van der Waals surface area contributed by atoms with Gasteiger partial charge < -0.3 is 19.8 Å². The molecule has 2 N–H and O–H groups in total. The molecule has 3 aromatic rings. The van der Waals surface area contributed by atoms with Crippen LogP contribution in [0.3, 0.4) is 0 Å². The molecule has 0 saturated carbocycles. The minimum atomic E-state index is 0.114. The summed E-state index contributed by atoms with van der Waals surface area (Å²) < 4.78 is 10.8. The molecule has 0 radical (unpaired) electrons. The Balaban J connectivity index is 1.23. The molecule has 29 heavy (non-hydrogen) atoms. The molecule has 2 aromatic carbocycles. The fourth-order valence-corrected chi connectivity index (χ4v) is 4.74. The number of H-pyrrole nitrogens is 1. The molecule has 2 aliphatic rings. The minimum absolute atomic E-state index is 0.114. The van der Waals surface area contributed by atoms with Crippen LogP contribution in [0, 0.1) is 13.8 Å². The number of fused-ring (bicyclic) bond motifs is 4. The van der Waals surface area contributed by atoms with E-state index in [1.807, 2.05) is 18.2 Å². The van der Waals surface area contributed by atoms with Crippen LogP contribution in [0.15, 0.2) is 30.3 Å². The Morgan fingerprint density at radius 3 is 2.93 bits per heavy atom. The SMILES string of the molecule is Cc1cc(C)c2c3c([nH]c2c1)CCC(NC(=O)CCc1ccc2c(c1)OCO2)C3. The second-order valence-electron chi connectivity index (χ2n) is 8.28. The van der Waals surface area contributed by atoms with E-state index in [1.54, 1.807) is 0 Å². The molecule has 0 spiro atoms. The van der Waals surface area contributed by atoms with Crippen molar-refractivity contribution in [2.75, 3.05) is 6.79 Å². The van der Waals surface area contributed by atoms with Crippen molar-refractivity contribution < 1.29 is 14.3 Å². The first-order chi connectivity index (χ1) is 14.1. The summed E-state index contributed by atoms with van der Waals surface area (Å²) in [5.74, 6) is 1.66. The minimum Gasteiger partial charge on any atom is -0.454 e. The van der Waals surface area contributed by atoms with Crippen LogP contribution in [-0.2, 0) is 24.1 Å². The van der Waals surface area contributed by atoms with Gasteiger partial charge in [0.15, 0.2) is 11.5 Å². The van der Waals surface area contributed by atoms with Gasteiger partial charge in [-0.05, 0) is 80.0 Å². The lowest BCUT2D eigenvalue weighted by Gasteiger charge is -2.24. The first kappa shape index (κ1) is 18.1. The lowest BCUT2D eigenvalue weighted by molar-refractivity contribution is -0.121. The van der Waals surface area contributed by atoms with Crippen LogP contribution >= 0.6 is 0 Å². The van der Waals surface area contributed by atoms with Gasteiger partial charge in [0.1, 0.15) is 0 Å². The van der Waals surface area contributed by atoms with Gasteiger partial charge in [-0.15, -0.1) is 0 Å². The predicted octanol–water partition coefficient (Wildman–Crippen LogP) is 4.12. The second kappa shape index (κ2) is 7.14. The summed E-state index contributed by atoms with van der Waals surface area (Å²) in [6.45, 7) is 4.59. The molecule has 0 fully saturated rings. The molecule has 5 nitrogen and oxygen atoms in total. The van der Waals surface area contributed by atoms with Gasteiger partial charge in [0.05, 0.1) is 0 Å². The fourth-order valence-electron chi connectivity index (χ4n) is 4.74. The molecule has 1 atom stereocenters. The van der Waals surface area contributed by atoms with Gasteiger partial charge in [-0.2, -0.15) is 0 Å². The number of amides is 1. The predicted molar refractivity (Wildman–Crippen MR) is 113 cm³/mol. The van der Waals surface area contributed by atoms with Crippen molar-refractivity contribution in [1.82, 2.24) is 10.3 Å². The van der Waals surface area contributed by atoms with E-state index in [0.29, 0.717) is 12.8 Å². The van der Waals surface area contributed by atoms with Crippen molar-refractivity contribution in [1.29, 1.82) is 0 Å². The Hall–Kier alpha value is -2.95. The van der Waals surface area contributed by atoms with Gasteiger partial charge in [0, 0.05) is 29.1 Å². The Morgan fingerprint density at radius 2 is 2.03 bits per heavy atom. The zero-order valence-electron chi connectivity index (χ0n) is 16.9. The molecule has 0 bridgehead atoms. The largest absolute Gasteiger partial charge is 0.454 e. The molecule has 5 heteroatoms. The molecule has 0 saturated heterocycles. The quantitative estimate of drug-likeness (QED) is 0.704. The summed E-state index contributed by atoms with van der Waals surface area (Å²) in [7, 11) is 0. The summed E-state index contributed by atoms with van der Waals surface area (Å²) in [6.07, 6.45) is 4.04. The van der Waals surface area contributed by atoms with E-state index in [1.165, 1.54) is 33.3 Å². The number of hydrogen-bond acceptors (Lipinski definition) is 3. The van der Waals surface area contributed by atoms with Crippen LogP contribution < -0.4 is 14.8 Å². The van der Waals surface area contributed by atoms with E-state index < -0.39 is 0 Å². The highest BCUT2D eigenvalue weighted by Gasteiger charge is 2.24. The monoisotopic (exact) mass is 390 g/mol. The first-order valence-corrected chi connectivity index (χ1v) is 10.4. The van der Waals surface area contributed by atoms with Crippen molar-refractivity contribution in [2.45, 2.75) is 52.0 Å². The third kappa shape index (κ3) is 3.46. The number of aryl methyl sites for hydroxylation is 4. The summed E-state index contributed by atoms with van der Waals surface area (Å²) in [6, 6.07) is 10.6. The van der Waals surface area contributed by atoms with Gasteiger partial charge >= 0.3 is 0 Å². The van der Waals surface area contributed by atoms with E-state index in [0.717, 1.165) is 36.3 Å². The van der Waals surface area contributed by atoms with Crippen molar-refractivity contribution >= 4 is 16.8 Å². The van der Waals surface area contributed by atoms with Crippen molar-refractivity contribution in [2.24, 2.45) is 0 Å². The van der Waals surface area contributed by atoms with Gasteiger partial charge in [-0.1, -0.05) is 12.1 Å². The number of carbonyl (C=O) groups excluding carboxylic acids is 1. The standard InChI is InChI=1S/C24H26N2O3/c1-14-9-15(2)24-18-12-17(5-6-19(18)26-20(24)10-14)25-23(27)8-4-16-3-7-21-22(11-16)29-13-28-21/h3,7,9-11,17,26H,4-6,8,12-13H2,1-2H3,(H,25,27). The van der Waals surface area contributed by atoms with Gasteiger partial charge in [0.25, 0.3) is 0 Å². The molecule has 5 rings (SSSR count). The van der Waals surface area contributed by atoms with E-state index in [4.69, 9.17) is 9.47 Å². The zero-order valence-corrected chi connectivity index (χ0v) is 16.9. The molecule has 1 aromatic heterocycles. The summed E-state index contributed by atoms with van der Waals surface area (Å²) in [5, 5.41) is 4.60. The van der Waals surface area contributed by atoms with Gasteiger partial charge in [0.2, 0.25) is 12.7 Å². The molecule has 1 amide bonds. The fraction of sp³-hybridized carbons (Fsp3) is 0.375. The number of hydrogen-bond donors (Lipinski definition) is 2. The third-order valence-electron chi connectivity index (χ3n) is 6.07. The lowest BCUT2D eigenvalue weighted by Crippen LogP contribution is -2.38. The second-order valence-corrected chi connectivity index (χ2v) is 8.28. The van der Waals surface area contributed by atoms with Crippen molar-refractivity contribution in [3.8, 4) is 11.5 Å². The van der Waals surface area contributed by atoms with Crippen LogP contribution in [0.1, 0.15) is 40.8 Å². The first-order valence-electron chi connectivity index (χ1n) is 10.4. The van der Waals surface area contributed by atoms with Crippen LogP contribution in [0.2, 0.25) is 0 Å². The molecule has 1 aliphatic carbocycles. The van der Waals surface area contributed by atoms with Crippen LogP contribution in [0.25, 0.3) is 10.9 Å². The normalized spacial score (nSPS) is 17.4. The highest BCUT2D eigenvalue weighted by molar-refractivity contribution is 5.89. The molecule has 1 unspecified atom stereocenters. The average Bonchev–Trinajstić information content (AvgIpc) is 3.29. The Morgan fingerprint density at radius 1 is 1.17 bits per heavy atom. The number of aromatic nitrogens is 1. The highest BCUT2D eigenvalue weighted by Crippen LogP contribution is 2.33. The smallest absolute Gasteiger partial charge is 0.231 e. The maximum absolute atomic E-state index is 12.6. The Labute approximate surface area is 170 Å². The van der Waals surface area contributed by atoms with Crippen molar-refractivity contribution in [3.05, 3.63) is 58.3 Å². The molecular formula is C24H26N2O3. The Kier molecular flexibility index (Phi) is 4.46. The topological polar surface area (TPSA) is 63.4 Å². The van der Waals surface area contributed by atoms with E-state index >= 15 is 0 Å². The maximum atomic E-state index is 12.6. The summed E-state index contributed by atoms with van der Waals surface area (Å²) >= 11 is 0. The number of carbonyl (C=O) groups is 1. The molecule has 150 valence electrons. The van der Waals surface area contributed by atoms with Crippen LogP contribution in [-0.4, -0.2) is 23.7 Å². The lowest BCUT2D eigenvalue weighted by atomic mass is 9.90. The van der Waals surface area contributed by atoms with E-state index in [2.05, 4.69) is 36.3 Å². The number of aromatic amines is 1. The van der Waals surface area contributed by atoms with E-state index in [-0.39, 0.29) is 18.7 Å². The third-order valence-corrected chi connectivity index (χ3v) is 6.07. The van der Waals surface area contributed by atoms with Crippen molar-refractivity contribution in [3.63, 3.8) is 0 Å².